The minimum Gasteiger partial charge on any atom is -0.454 e. The molecule has 0 saturated heterocycles. The summed E-state index contributed by atoms with van der Waals surface area (Å²) >= 11 is 6.49. The molecule has 26 heavy (non-hydrogen) atoms. The Morgan fingerprint density at radius 3 is 3.00 bits per heavy atom. The van der Waals surface area contributed by atoms with Crippen LogP contribution in [0.15, 0.2) is 36.9 Å². The predicted molar refractivity (Wildman–Crippen MR) is 93.4 cm³/mol. The van der Waals surface area contributed by atoms with E-state index in [0.29, 0.717) is 28.7 Å². The van der Waals surface area contributed by atoms with Gasteiger partial charge in [0.15, 0.2) is 28.7 Å². The van der Waals surface area contributed by atoms with E-state index < -0.39 is 0 Å². The van der Waals surface area contributed by atoms with E-state index in [4.69, 9.17) is 21.1 Å². The Morgan fingerprint density at radius 1 is 1.19 bits per heavy atom. The van der Waals surface area contributed by atoms with Gasteiger partial charge in [-0.05, 0) is 30.2 Å². The Morgan fingerprint density at radius 2 is 2.08 bits per heavy atom. The van der Waals surface area contributed by atoms with Crippen molar-refractivity contribution in [2.45, 2.75) is 13.5 Å². The van der Waals surface area contributed by atoms with Gasteiger partial charge in [-0.3, -0.25) is 0 Å². The van der Waals surface area contributed by atoms with E-state index in [1.54, 1.807) is 15.4 Å². The lowest BCUT2D eigenvalue weighted by Gasteiger charge is -2.06. The lowest BCUT2D eigenvalue weighted by atomic mass is 10.2. The molecule has 9 heteroatoms. The molecule has 0 bridgehead atoms. The van der Waals surface area contributed by atoms with Crippen molar-refractivity contribution in [2.75, 3.05) is 6.79 Å². The summed E-state index contributed by atoms with van der Waals surface area (Å²) in [5.74, 6) is 2.06. The monoisotopic (exact) mass is 368 g/mol. The van der Waals surface area contributed by atoms with Gasteiger partial charge in [0.1, 0.15) is 11.3 Å². The van der Waals surface area contributed by atoms with Gasteiger partial charge in [-0.25, -0.2) is 19.2 Å². The van der Waals surface area contributed by atoms with Crippen LogP contribution in [0.1, 0.15) is 11.1 Å². The van der Waals surface area contributed by atoms with Crippen molar-refractivity contribution in [2.24, 2.45) is 0 Å². The first-order valence-electron chi connectivity index (χ1n) is 7.96. The van der Waals surface area contributed by atoms with Crippen LogP contribution in [0.2, 0.25) is 5.02 Å². The second kappa shape index (κ2) is 5.70. The summed E-state index contributed by atoms with van der Waals surface area (Å²) in [4.78, 5) is 8.69. The molecule has 5 rings (SSSR count). The largest absolute Gasteiger partial charge is 0.454 e. The molecule has 0 aliphatic carbocycles. The summed E-state index contributed by atoms with van der Waals surface area (Å²) in [6.07, 6.45) is 5.11. The van der Waals surface area contributed by atoms with Crippen LogP contribution in [-0.2, 0) is 6.54 Å². The van der Waals surface area contributed by atoms with E-state index in [2.05, 4.69) is 20.2 Å². The van der Waals surface area contributed by atoms with Crippen LogP contribution in [0.4, 0.5) is 0 Å². The molecule has 0 saturated carbocycles. The fourth-order valence-electron chi connectivity index (χ4n) is 2.92. The standard InChI is InChI=1S/C17H13ClN6O2/c1-10-5-19-16-14(18)15(22-24(16)6-10)17-20-8-21-23(17)7-11-2-3-12-13(4-11)26-9-25-12/h2-6,8H,7,9H2,1H3. The van der Waals surface area contributed by atoms with Crippen LogP contribution in [0.5, 0.6) is 11.5 Å². The average Bonchev–Trinajstić information content (AvgIpc) is 3.34. The number of aryl methyl sites for hydroxylation is 1. The highest BCUT2D eigenvalue weighted by Crippen LogP contribution is 2.33. The molecule has 3 aromatic heterocycles. The normalized spacial score (nSPS) is 12.8. The summed E-state index contributed by atoms with van der Waals surface area (Å²) in [7, 11) is 0. The van der Waals surface area contributed by atoms with Gasteiger partial charge in [-0.15, -0.1) is 0 Å². The van der Waals surface area contributed by atoms with E-state index in [1.165, 1.54) is 6.33 Å². The molecule has 8 nitrogen and oxygen atoms in total. The third kappa shape index (κ3) is 2.38. The SMILES string of the molecule is Cc1cnc2c(Cl)c(-c3ncnn3Cc3ccc4c(c3)OCO4)nn2c1. The van der Waals surface area contributed by atoms with Gasteiger partial charge in [-0.1, -0.05) is 17.7 Å². The Balaban J connectivity index is 1.54. The Labute approximate surface area is 153 Å². The zero-order chi connectivity index (χ0) is 17.7. The first-order chi connectivity index (χ1) is 12.7. The molecule has 1 aromatic carbocycles. The average molecular weight is 369 g/mol. The summed E-state index contributed by atoms with van der Waals surface area (Å²) < 4.78 is 14.2. The first kappa shape index (κ1) is 15.2. The van der Waals surface area contributed by atoms with Gasteiger partial charge >= 0.3 is 0 Å². The number of fused-ring (bicyclic) bond motifs is 2. The fourth-order valence-corrected chi connectivity index (χ4v) is 3.18. The number of nitrogens with zero attached hydrogens (tertiary/aromatic N) is 6. The van der Waals surface area contributed by atoms with Crippen molar-refractivity contribution < 1.29 is 9.47 Å². The molecule has 1 aliphatic rings. The lowest BCUT2D eigenvalue weighted by molar-refractivity contribution is 0.174. The first-order valence-corrected chi connectivity index (χ1v) is 8.34. The molecule has 0 N–H and O–H groups in total. The third-order valence-electron chi connectivity index (χ3n) is 4.14. The molecule has 0 spiro atoms. The quantitative estimate of drug-likeness (QED) is 0.553. The maximum atomic E-state index is 6.49. The van der Waals surface area contributed by atoms with Gasteiger partial charge in [0.05, 0.1) is 6.54 Å². The van der Waals surface area contributed by atoms with Crippen molar-refractivity contribution in [1.82, 2.24) is 29.4 Å². The van der Waals surface area contributed by atoms with Crippen LogP contribution in [0.25, 0.3) is 17.2 Å². The summed E-state index contributed by atoms with van der Waals surface area (Å²) in [5.41, 5.74) is 3.13. The Kier molecular flexibility index (Phi) is 3.32. The third-order valence-corrected chi connectivity index (χ3v) is 4.49. The van der Waals surface area contributed by atoms with E-state index in [1.807, 2.05) is 31.3 Å². The van der Waals surface area contributed by atoms with Gasteiger partial charge in [0.25, 0.3) is 0 Å². The summed E-state index contributed by atoms with van der Waals surface area (Å²) in [6.45, 7) is 2.70. The van der Waals surface area contributed by atoms with E-state index in [-0.39, 0.29) is 6.79 Å². The zero-order valence-electron chi connectivity index (χ0n) is 13.8. The Hall–Kier alpha value is -3.13. The highest BCUT2D eigenvalue weighted by molar-refractivity contribution is 6.35. The van der Waals surface area contributed by atoms with E-state index in [9.17, 15) is 0 Å². The molecule has 4 heterocycles. The second-order valence-electron chi connectivity index (χ2n) is 5.99. The minimum atomic E-state index is 0.247. The number of aromatic nitrogens is 6. The van der Waals surface area contributed by atoms with E-state index >= 15 is 0 Å². The van der Waals surface area contributed by atoms with Crippen LogP contribution in [-0.4, -0.2) is 36.2 Å². The predicted octanol–water partition coefficient (Wildman–Crippen LogP) is 2.73. The van der Waals surface area contributed by atoms with Gasteiger partial charge in [0.2, 0.25) is 6.79 Å². The molecule has 0 radical (unpaired) electrons. The molecule has 0 amide bonds. The smallest absolute Gasteiger partial charge is 0.231 e. The summed E-state index contributed by atoms with van der Waals surface area (Å²) in [5, 5.41) is 9.29. The van der Waals surface area contributed by atoms with Gasteiger partial charge in [0, 0.05) is 12.4 Å². The molecule has 0 fully saturated rings. The fraction of sp³-hybridized carbons (Fsp3) is 0.176. The van der Waals surface area contributed by atoms with Gasteiger partial charge < -0.3 is 9.47 Å². The van der Waals surface area contributed by atoms with Crippen LogP contribution in [0, 0.1) is 6.92 Å². The minimum absolute atomic E-state index is 0.247. The maximum Gasteiger partial charge on any atom is 0.231 e. The van der Waals surface area contributed by atoms with Crippen LogP contribution in [0.3, 0.4) is 0 Å². The second-order valence-corrected chi connectivity index (χ2v) is 6.37. The van der Waals surface area contributed by atoms with Crippen LogP contribution < -0.4 is 9.47 Å². The molecular formula is C17H13ClN6O2. The number of ether oxygens (including phenoxy) is 2. The highest BCUT2D eigenvalue weighted by atomic mass is 35.5. The number of halogens is 1. The van der Waals surface area contributed by atoms with Crippen molar-refractivity contribution >= 4 is 17.2 Å². The topological polar surface area (TPSA) is 79.4 Å². The van der Waals surface area contributed by atoms with Crippen molar-refractivity contribution in [3.05, 3.63) is 53.1 Å². The maximum absolute atomic E-state index is 6.49. The van der Waals surface area contributed by atoms with E-state index in [0.717, 1.165) is 22.6 Å². The number of hydrogen-bond donors (Lipinski definition) is 0. The summed E-state index contributed by atoms with van der Waals surface area (Å²) in [6, 6.07) is 5.79. The molecule has 130 valence electrons. The number of hydrogen-bond acceptors (Lipinski definition) is 6. The van der Waals surface area contributed by atoms with Crippen molar-refractivity contribution in [3.63, 3.8) is 0 Å². The van der Waals surface area contributed by atoms with Crippen molar-refractivity contribution in [1.29, 1.82) is 0 Å². The van der Waals surface area contributed by atoms with Crippen molar-refractivity contribution in [3.8, 4) is 23.0 Å². The van der Waals surface area contributed by atoms with Crippen LogP contribution >= 0.6 is 11.6 Å². The number of rotatable bonds is 3. The molecular weight excluding hydrogens is 356 g/mol. The molecule has 4 aromatic rings. The number of benzene rings is 1. The Bertz CT molecular complexity index is 1140. The van der Waals surface area contributed by atoms with Gasteiger partial charge in [-0.2, -0.15) is 10.2 Å². The molecule has 1 aliphatic heterocycles. The zero-order valence-corrected chi connectivity index (χ0v) is 14.5. The molecule has 0 atom stereocenters. The molecule has 0 unspecified atom stereocenters. The lowest BCUT2D eigenvalue weighted by Crippen LogP contribution is -2.04. The highest BCUT2D eigenvalue weighted by Gasteiger charge is 2.20.